The number of amides is 1. The topological polar surface area (TPSA) is 200 Å². The molecule has 0 radical (unpaired) electrons. The van der Waals surface area contributed by atoms with Crippen molar-refractivity contribution < 1.29 is 34.8 Å². The third-order valence-electron chi connectivity index (χ3n) is 8.99. The van der Waals surface area contributed by atoms with Crippen LogP contribution in [-0.4, -0.2) is 82.6 Å². The number of nitrogens with one attached hydrogen (secondary N) is 1. The Bertz CT molecular complexity index is 1690. The number of ketones is 2. The highest BCUT2D eigenvalue weighted by atomic mass is 16.3. The third-order valence-corrected chi connectivity index (χ3v) is 8.99. The molecule has 1 unspecified atom stereocenters. The van der Waals surface area contributed by atoms with Crippen molar-refractivity contribution in [3.8, 4) is 11.8 Å². The molecule has 0 spiro atoms. The van der Waals surface area contributed by atoms with Crippen LogP contribution in [0.4, 0.5) is 5.69 Å². The van der Waals surface area contributed by atoms with Crippen molar-refractivity contribution in [1.82, 2.24) is 10.2 Å². The van der Waals surface area contributed by atoms with E-state index in [1.165, 1.54) is 4.90 Å². The fourth-order valence-electron chi connectivity index (χ4n) is 6.92. The van der Waals surface area contributed by atoms with Crippen molar-refractivity contribution in [2.75, 3.05) is 33.1 Å². The average Bonchev–Trinajstić information content (AvgIpc) is 2.96. The number of aliphatic hydroxyl groups excluding tert-OH is 2. The maximum absolute atomic E-state index is 14.1. The summed E-state index contributed by atoms with van der Waals surface area (Å²) in [5, 5.41) is 58.2. The van der Waals surface area contributed by atoms with E-state index in [2.05, 4.69) is 11.4 Å². The standard InChI is InChI=1S/C32H35N5O7/c1-36(2)21-11-18(14-35-13-16-7-5-15(12-33)6-8-16)26(38)23-19(21)9-17-10-20-25(37(3)4)28(40)24(31(34)43)30(42)32(20,44)29(41)22(17)27(23)39/h5-8,11,17,20,25,35,38-39,42,44H,9-10,13-14H2,1-4H3,(H2,34,43)/t17-,20-,25?,32-/m0/s1. The number of anilines is 1. The Balaban J connectivity index is 1.59. The summed E-state index contributed by atoms with van der Waals surface area (Å²) in [5.74, 6) is -6.80. The quantitative estimate of drug-likeness (QED) is 0.249. The second-order valence-corrected chi connectivity index (χ2v) is 12.0. The van der Waals surface area contributed by atoms with E-state index < -0.39 is 58.0 Å². The van der Waals surface area contributed by atoms with Gasteiger partial charge in [0.2, 0.25) is 5.78 Å². The van der Waals surface area contributed by atoms with E-state index in [0.717, 1.165) is 5.56 Å². The van der Waals surface area contributed by atoms with Crippen molar-refractivity contribution >= 4 is 28.9 Å². The van der Waals surface area contributed by atoms with E-state index in [1.54, 1.807) is 32.3 Å². The van der Waals surface area contributed by atoms with E-state index in [9.17, 15) is 34.8 Å². The lowest BCUT2D eigenvalue weighted by Crippen LogP contribution is -2.65. The van der Waals surface area contributed by atoms with E-state index >= 15 is 0 Å². The molecule has 3 aliphatic carbocycles. The number of phenols is 1. The van der Waals surface area contributed by atoms with E-state index in [4.69, 9.17) is 11.0 Å². The van der Waals surface area contributed by atoms with Gasteiger partial charge < -0.3 is 36.4 Å². The average molecular weight is 602 g/mol. The summed E-state index contributed by atoms with van der Waals surface area (Å²) in [7, 11) is 6.76. The number of hydrogen-bond donors (Lipinski definition) is 6. The van der Waals surface area contributed by atoms with Crippen molar-refractivity contribution in [2.45, 2.75) is 37.6 Å². The van der Waals surface area contributed by atoms with Gasteiger partial charge in [0.25, 0.3) is 5.91 Å². The van der Waals surface area contributed by atoms with Gasteiger partial charge >= 0.3 is 0 Å². The molecular formula is C32H35N5O7. The number of nitrogens with zero attached hydrogens (tertiary/aromatic N) is 3. The molecule has 4 atom stereocenters. The zero-order chi connectivity index (χ0) is 32.2. The minimum Gasteiger partial charge on any atom is -0.508 e. The number of aromatic hydroxyl groups is 1. The first-order chi connectivity index (χ1) is 20.7. The molecule has 3 aliphatic rings. The van der Waals surface area contributed by atoms with Crippen LogP contribution in [0, 0.1) is 23.2 Å². The molecule has 1 fully saturated rings. The maximum Gasteiger partial charge on any atom is 0.255 e. The summed E-state index contributed by atoms with van der Waals surface area (Å²) >= 11 is 0. The molecule has 0 heterocycles. The Hall–Kier alpha value is -4.70. The molecule has 12 nitrogen and oxygen atoms in total. The normalized spacial score (nSPS) is 24.5. The zero-order valence-electron chi connectivity index (χ0n) is 24.9. The first-order valence-corrected chi connectivity index (χ1v) is 14.1. The van der Waals surface area contributed by atoms with Crippen LogP contribution in [0.2, 0.25) is 0 Å². The lowest BCUT2D eigenvalue weighted by Gasteiger charge is -2.50. The number of fused-ring (bicyclic) bond motifs is 3. The van der Waals surface area contributed by atoms with Crippen LogP contribution in [-0.2, 0) is 33.9 Å². The van der Waals surface area contributed by atoms with Crippen LogP contribution in [0.5, 0.6) is 5.75 Å². The van der Waals surface area contributed by atoms with Gasteiger partial charge in [0.05, 0.1) is 23.2 Å². The monoisotopic (exact) mass is 601 g/mol. The van der Waals surface area contributed by atoms with Gasteiger partial charge in [-0.15, -0.1) is 0 Å². The maximum atomic E-state index is 14.1. The van der Waals surface area contributed by atoms with Crippen LogP contribution in [0.1, 0.15) is 34.2 Å². The van der Waals surface area contributed by atoms with Crippen molar-refractivity contribution in [3.05, 3.63) is 75.1 Å². The SMILES string of the molecule is CN(C)c1cc(CNCc2ccc(C#N)cc2)c(O)c2c1C[C@H]1C[C@H]3C(N(C)C)C(=O)C(C(N)=O)=C(O)[C@@]3(O)C(=O)C1=C2O. The largest absolute Gasteiger partial charge is 0.508 e. The number of phenolic OH excluding ortho intramolecular Hbond substituents is 1. The predicted octanol–water partition coefficient (Wildman–Crippen LogP) is 1.19. The molecule has 12 heteroatoms. The number of carbonyl (C=O) groups excluding carboxylic acids is 3. The van der Waals surface area contributed by atoms with Crippen molar-refractivity contribution in [3.63, 3.8) is 0 Å². The van der Waals surface area contributed by atoms with Gasteiger partial charge in [-0.25, -0.2) is 0 Å². The van der Waals surface area contributed by atoms with Gasteiger partial charge in [0, 0.05) is 49.9 Å². The number of primary amides is 1. The second-order valence-electron chi connectivity index (χ2n) is 12.0. The lowest BCUT2D eigenvalue weighted by molar-refractivity contribution is -0.153. The fraction of sp³-hybridized carbons (Fsp3) is 0.375. The van der Waals surface area contributed by atoms with Crippen LogP contribution >= 0.6 is 0 Å². The first kappa shape index (κ1) is 30.7. The number of benzene rings is 2. The highest BCUT2D eigenvalue weighted by Crippen LogP contribution is 2.54. The molecule has 0 saturated heterocycles. The van der Waals surface area contributed by atoms with Crippen LogP contribution in [0.25, 0.3) is 5.76 Å². The summed E-state index contributed by atoms with van der Waals surface area (Å²) < 4.78 is 0. The van der Waals surface area contributed by atoms with Gasteiger partial charge in [0.15, 0.2) is 11.4 Å². The number of aliphatic hydroxyl groups is 3. The molecule has 1 amide bonds. The Morgan fingerprint density at radius 3 is 2.34 bits per heavy atom. The van der Waals surface area contributed by atoms with Gasteiger partial charge in [-0.2, -0.15) is 5.26 Å². The summed E-state index contributed by atoms with van der Waals surface area (Å²) in [6.07, 6.45) is 0.224. The molecule has 0 aliphatic heterocycles. The van der Waals surface area contributed by atoms with E-state index in [-0.39, 0.29) is 36.3 Å². The fourth-order valence-corrected chi connectivity index (χ4v) is 6.92. The molecule has 1 saturated carbocycles. The molecule has 230 valence electrons. The molecular weight excluding hydrogens is 566 g/mol. The second kappa shape index (κ2) is 11.1. The number of hydrogen-bond acceptors (Lipinski definition) is 11. The van der Waals surface area contributed by atoms with Crippen LogP contribution in [0.15, 0.2) is 47.2 Å². The smallest absolute Gasteiger partial charge is 0.255 e. The minimum atomic E-state index is -2.69. The molecule has 5 rings (SSSR count). The predicted molar refractivity (Wildman–Crippen MR) is 160 cm³/mol. The summed E-state index contributed by atoms with van der Waals surface area (Å²) in [4.78, 5) is 42.9. The van der Waals surface area contributed by atoms with Crippen LogP contribution in [0.3, 0.4) is 0 Å². The highest BCUT2D eigenvalue weighted by Gasteiger charge is 2.64. The Kier molecular flexibility index (Phi) is 7.75. The molecule has 0 aromatic heterocycles. The number of nitriles is 1. The van der Waals surface area contributed by atoms with Gasteiger partial charge in [0.1, 0.15) is 22.8 Å². The first-order valence-electron chi connectivity index (χ1n) is 14.1. The zero-order valence-corrected chi connectivity index (χ0v) is 24.9. The summed E-state index contributed by atoms with van der Waals surface area (Å²) in [6.45, 7) is 0.630. The number of nitrogens with two attached hydrogens (primary N) is 1. The number of rotatable bonds is 7. The molecule has 0 bridgehead atoms. The highest BCUT2D eigenvalue weighted by molar-refractivity contribution is 6.24. The minimum absolute atomic E-state index is 0.0211. The van der Waals surface area contributed by atoms with E-state index in [0.29, 0.717) is 28.9 Å². The molecule has 7 N–H and O–H groups in total. The Morgan fingerprint density at radius 1 is 1.11 bits per heavy atom. The molecule has 2 aromatic rings. The summed E-state index contributed by atoms with van der Waals surface area (Å²) in [6, 6.07) is 9.79. The van der Waals surface area contributed by atoms with Gasteiger partial charge in [-0.05, 0) is 62.2 Å². The van der Waals surface area contributed by atoms with Crippen molar-refractivity contribution in [2.24, 2.45) is 17.6 Å². The lowest BCUT2D eigenvalue weighted by atomic mass is 9.57. The molecule has 44 heavy (non-hydrogen) atoms. The summed E-state index contributed by atoms with van der Waals surface area (Å²) in [5.41, 5.74) is 4.91. The molecule has 2 aromatic carbocycles. The Labute approximate surface area is 254 Å². The van der Waals surface area contributed by atoms with E-state index in [1.807, 2.05) is 31.1 Å². The number of Topliss-reactive ketones (excluding diaryl/α,β-unsaturated/α-hetero) is 2. The van der Waals surface area contributed by atoms with Crippen molar-refractivity contribution in [1.29, 1.82) is 5.26 Å². The number of carbonyl (C=O) groups is 3. The number of likely N-dealkylation sites (N-methyl/N-ethyl adjacent to an activating group) is 1. The van der Waals surface area contributed by atoms with Gasteiger partial charge in [-0.1, -0.05) is 12.1 Å². The van der Waals surface area contributed by atoms with Crippen LogP contribution < -0.4 is 16.0 Å². The Morgan fingerprint density at radius 2 is 1.77 bits per heavy atom. The third kappa shape index (κ3) is 4.61. The van der Waals surface area contributed by atoms with Gasteiger partial charge in [-0.3, -0.25) is 19.3 Å².